The van der Waals surface area contributed by atoms with Crippen LogP contribution < -0.4 is 4.89 Å². The molecule has 0 saturated carbocycles. The lowest BCUT2D eigenvalue weighted by Crippen LogP contribution is -2.10. The van der Waals surface area contributed by atoms with Crippen LogP contribution in [-0.2, 0) is 10.3 Å². The number of rotatable bonds is 2. The quantitative estimate of drug-likeness (QED) is 0.583. The summed E-state index contributed by atoms with van der Waals surface area (Å²) in [7, 11) is 1.40. The van der Waals surface area contributed by atoms with Crippen molar-refractivity contribution in [3.8, 4) is 11.5 Å². The fourth-order valence-corrected chi connectivity index (χ4v) is 1.14. The average molecular weight is 196 g/mol. The zero-order chi connectivity index (χ0) is 10.8. The molecule has 3 nitrogen and oxygen atoms in total. The van der Waals surface area contributed by atoms with E-state index in [1.807, 2.05) is 6.07 Å². The Morgan fingerprint density at radius 2 is 1.86 bits per heavy atom. The third kappa shape index (κ3) is 2.39. The van der Waals surface area contributed by atoms with Crippen molar-refractivity contribution in [2.24, 2.45) is 0 Å². The second-order valence-electron chi connectivity index (χ2n) is 4.18. The SMILES string of the molecule is COOc1ccc(C(C)(C)C)cc1O. The van der Waals surface area contributed by atoms with Crippen molar-refractivity contribution in [1.82, 2.24) is 0 Å². The molecule has 14 heavy (non-hydrogen) atoms. The van der Waals surface area contributed by atoms with Crippen LogP contribution in [0.3, 0.4) is 0 Å². The van der Waals surface area contributed by atoms with E-state index in [-0.39, 0.29) is 11.2 Å². The number of hydrogen-bond donors (Lipinski definition) is 1. The van der Waals surface area contributed by atoms with E-state index in [0.29, 0.717) is 5.75 Å². The summed E-state index contributed by atoms with van der Waals surface area (Å²) in [6, 6.07) is 5.29. The highest BCUT2D eigenvalue weighted by molar-refractivity contribution is 5.43. The van der Waals surface area contributed by atoms with E-state index in [0.717, 1.165) is 5.56 Å². The number of phenolic OH excluding ortho intramolecular Hbond substituents is 1. The molecule has 0 fully saturated rings. The Morgan fingerprint density at radius 1 is 1.21 bits per heavy atom. The molecule has 1 aromatic rings. The fourth-order valence-electron chi connectivity index (χ4n) is 1.14. The minimum Gasteiger partial charge on any atom is -0.504 e. The number of hydrogen-bond acceptors (Lipinski definition) is 3. The van der Waals surface area contributed by atoms with Gasteiger partial charge in [0.2, 0.25) is 5.75 Å². The summed E-state index contributed by atoms with van der Waals surface area (Å²) < 4.78 is 0. The highest BCUT2D eigenvalue weighted by Gasteiger charge is 2.15. The summed E-state index contributed by atoms with van der Waals surface area (Å²) in [5, 5.41) is 9.58. The first kappa shape index (κ1) is 10.9. The minimum atomic E-state index is 0.0169. The number of aromatic hydroxyl groups is 1. The van der Waals surface area contributed by atoms with Crippen LogP contribution in [-0.4, -0.2) is 12.2 Å². The summed E-state index contributed by atoms with van der Waals surface area (Å²) in [6.45, 7) is 6.25. The Labute approximate surface area is 84.2 Å². The molecule has 1 aromatic carbocycles. The molecule has 0 atom stereocenters. The van der Waals surface area contributed by atoms with Crippen molar-refractivity contribution in [3.05, 3.63) is 23.8 Å². The van der Waals surface area contributed by atoms with Gasteiger partial charge < -0.3 is 9.99 Å². The average Bonchev–Trinajstić information content (AvgIpc) is 2.07. The van der Waals surface area contributed by atoms with Gasteiger partial charge in [-0.2, -0.15) is 4.89 Å². The van der Waals surface area contributed by atoms with Gasteiger partial charge >= 0.3 is 0 Å². The first-order chi connectivity index (χ1) is 6.45. The van der Waals surface area contributed by atoms with Crippen LogP contribution in [0.5, 0.6) is 11.5 Å². The van der Waals surface area contributed by atoms with Gasteiger partial charge in [-0.1, -0.05) is 26.8 Å². The molecule has 78 valence electrons. The van der Waals surface area contributed by atoms with Gasteiger partial charge in [-0.15, -0.1) is 0 Å². The monoisotopic (exact) mass is 196 g/mol. The van der Waals surface area contributed by atoms with Gasteiger partial charge in [0.25, 0.3) is 0 Å². The highest BCUT2D eigenvalue weighted by atomic mass is 17.2. The molecular formula is C11H16O3. The Morgan fingerprint density at radius 3 is 2.29 bits per heavy atom. The predicted molar refractivity (Wildman–Crippen MR) is 54.4 cm³/mol. The van der Waals surface area contributed by atoms with Crippen molar-refractivity contribution >= 4 is 0 Å². The van der Waals surface area contributed by atoms with Crippen molar-refractivity contribution in [2.75, 3.05) is 7.11 Å². The van der Waals surface area contributed by atoms with E-state index in [1.165, 1.54) is 7.11 Å². The number of benzene rings is 1. The second kappa shape index (κ2) is 3.88. The van der Waals surface area contributed by atoms with Crippen LogP contribution in [0.1, 0.15) is 26.3 Å². The van der Waals surface area contributed by atoms with Crippen molar-refractivity contribution in [2.45, 2.75) is 26.2 Å². The molecule has 0 radical (unpaired) electrons. The summed E-state index contributed by atoms with van der Waals surface area (Å²) in [4.78, 5) is 9.23. The van der Waals surface area contributed by atoms with E-state index in [4.69, 9.17) is 4.89 Å². The van der Waals surface area contributed by atoms with E-state index >= 15 is 0 Å². The zero-order valence-corrected chi connectivity index (χ0v) is 9.00. The standard InChI is InChI=1S/C11H16O3/c1-11(2,3)8-5-6-10(14-13-4)9(12)7-8/h5-7,12H,1-4H3. The van der Waals surface area contributed by atoms with Gasteiger partial charge in [0.1, 0.15) is 0 Å². The molecule has 0 amide bonds. The maximum atomic E-state index is 9.58. The molecule has 0 aromatic heterocycles. The minimum absolute atomic E-state index is 0.0169. The topological polar surface area (TPSA) is 38.7 Å². The molecule has 0 heterocycles. The van der Waals surface area contributed by atoms with Crippen LogP contribution in [0.2, 0.25) is 0 Å². The Bertz CT molecular complexity index is 313. The van der Waals surface area contributed by atoms with Crippen LogP contribution in [0.15, 0.2) is 18.2 Å². The molecule has 0 aliphatic carbocycles. The lowest BCUT2D eigenvalue weighted by atomic mass is 9.87. The number of phenols is 1. The summed E-state index contributed by atoms with van der Waals surface area (Å²) >= 11 is 0. The van der Waals surface area contributed by atoms with E-state index in [9.17, 15) is 5.11 Å². The molecule has 0 aliphatic heterocycles. The Balaban J connectivity index is 3.01. The molecule has 0 spiro atoms. The third-order valence-corrected chi connectivity index (χ3v) is 2.00. The molecule has 3 heteroatoms. The summed E-state index contributed by atoms with van der Waals surface area (Å²) in [5.41, 5.74) is 1.07. The largest absolute Gasteiger partial charge is 0.504 e. The van der Waals surface area contributed by atoms with Crippen LogP contribution in [0.25, 0.3) is 0 Å². The molecule has 0 aliphatic rings. The normalized spacial score (nSPS) is 11.4. The molecule has 0 saturated heterocycles. The maximum Gasteiger partial charge on any atom is 0.206 e. The summed E-state index contributed by atoms with van der Waals surface area (Å²) in [6.07, 6.45) is 0. The van der Waals surface area contributed by atoms with E-state index in [1.54, 1.807) is 12.1 Å². The fraction of sp³-hybridized carbons (Fsp3) is 0.455. The van der Waals surface area contributed by atoms with Crippen molar-refractivity contribution < 1.29 is 14.9 Å². The predicted octanol–water partition coefficient (Wildman–Crippen LogP) is 2.63. The Kier molecular flexibility index (Phi) is 3.01. The molecular weight excluding hydrogens is 180 g/mol. The van der Waals surface area contributed by atoms with Crippen LogP contribution in [0.4, 0.5) is 0 Å². The molecule has 1 rings (SSSR count). The van der Waals surface area contributed by atoms with Gasteiger partial charge in [-0.3, -0.25) is 0 Å². The second-order valence-corrected chi connectivity index (χ2v) is 4.18. The first-order valence-electron chi connectivity index (χ1n) is 4.49. The Hall–Kier alpha value is -1.22. The van der Waals surface area contributed by atoms with Gasteiger partial charge in [-0.05, 0) is 23.1 Å². The third-order valence-electron chi connectivity index (χ3n) is 2.00. The van der Waals surface area contributed by atoms with Crippen molar-refractivity contribution in [3.63, 3.8) is 0 Å². The van der Waals surface area contributed by atoms with E-state index < -0.39 is 0 Å². The highest BCUT2D eigenvalue weighted by Crippen LogP contribution is 2.32. The zero-order valence-electron chi connectivity index (χ0n) is 9.00. The van der Waals surface area contributed by atoms with Gasteiger partial charge in [-0.25, -0.2) is 0 Å². The smallest absolute Gasteiger partial charge is 0.206 e. The molecule has 0 bridgehead atoms. The molecule has 0 unspecified atom stereocenters. The first-order valence-corrected chi connectivity index (χ1v) is 4.49. The van der Waals surface area contributed by atoms with Crippen molar-refractivity contribution in [1.29, 1.82) is 0 Å². The van der Waals surface area contributed by atoms with Crippen LogP contribution in [0, 0.1) is 0 Å². The molecule has 1 N–H and O–H groups in total. The lowest BCUT2D eigenvalue weighted by Gasteiger charge is -2.19. The van der Waals surface area contributed by atoms with Gasteiger partial charge in [0, 0.05) is 0 Å². The van der Waals surface area contributed by atoms with Crippen LogP contribution >= 0.6 is 0 Å². The van der Waals surface area contributed by atoms with E-state index in [2.05, 4.69) is 25.7 Å². The maximum absolute atomic E-state index is 9.58. The summed E-state index contributed by atoms with van der Waals surface area (Å²) in [5.74, 6) is 0.430. The lowest BCUT2D eigenvalue weighted by molar-refractivity contribution is -0.179. The van der Waals surface area contributed by atoms with Gasteiger partial charge in [0.05, 0.1) is 7.11 Å². The van der Waals surface area contributed by atoms with Gasteiger partial charge in [0.15, 0.2) is 5.75 Å².